The quantitative estimate of drug-likeness (QED) is 0.440. The Morgan fingerprint density at radius 3 is 2.50 bits per heavy atom. The standard InChI is InChI=1S/C16H14F4N2O4/c17-8-1-4-13(12(19)5-8)21-15-10(2-3-11(18)14(15)20)16(25)22-26-7-9(24)6-23/h1-5,9,21,23-24H,6-7H2,(H,22,25). The zero-order chi connectivity index (χ0) is 19.3. The first-order valence-corrected chi connectivity index (χ1v) is 7.24. The van der Waals surface area contributed by atoms with Crippen molar-refractivity contribution in [2.75, 3.05) is 18.5 Å². The zero-order valence-electron chi connectivity index (χ0n) is 13.1. The van der Waals surface area contributed by atoms with Crippen molar-refractivity contribution in [3.05, 3.63) is 59.2 Å². The van der Waals surface area contributed by atoms with Crippen LogP contribution in [0, 0.1) is 23.3 Å². The highest BCUT2D eigenvalue weighted by molar-refractivity contribution is 5.99. The number of rotatable bonds is 7. The summed E-state index contributed by atoms with van der Waals surface area (Å²) in [6.07, 6.45) is -1.26. The van der Waals surface area contributed by atoms with Gasteiger partial charge in [0.25, 0.3) is 5.91 Å². The van der Waals surface area contributed by atoms with E-state index in [-0.39, 0.29) is 5.69 Å². The van der Waals surface area contributed by atoms with E-state index in [0.717, 1.165) is 18.2 Å². The smallest absolute Gasteiger partial charge is 0.277 e. The van der Waals surface area contributed by atoms with Crippen molar-refractivity contribution >= 4 is 17.3 Å². The van der Waals surface area contributed by atoms with E-state index in [9.17, 15) is 22.4 Å². The molecular weight excluding hydrogens is 360 g/mol. The minimum atomic E-state index is -1.46. The molecule has 0 aliphatic heterocycles. The van der Waals surface area contributed by atoms with E-state index in [1.54, 1.807) is 0 Å². The summed E-state index contributed by atoms with van der Waals surface area (Å²) in [5.41, 5.74) is 0.347. The summed E-state index contributed by atoms with van der Waals surface area (Å²) >= 11 is 0. The molecule has 0 fully saturated rings. The number of anilines is 2. The van der Waals surface area contributed by atoms with Crippen LogP contribution in [0.5, 0.6) is 0 Å². The lowest BCUT2D eigenvalue weighted by Crippen LogP contribution is -2.30. The monoisotopic (exact) mass is 374 g/mol. The van der Waals surface area contributed by atoms with Crippen LogP contribution in [0.1, 0.15) is 10.4 Å². The summed E-state index contributed by atoms with van der Waals surface area (Å²) in [6, 6.07) is 3.97. The Bertz CT molecular complexity index is 804. The molecule has 10 heteroatoms. The van der Waals surface area contributed by atoms with Gasteiger partial charge in [-0.1, -0.05) is 0 Å². The number of carbonyl (C=O) groups excluding carboxylic acids is 1. The van der Waals surface area contributed by atoms with Gasteiger partial charge in [-0.25, -0.2) is 23.0 Å². The van der Waals surface area contributed by atoms with Gasteiger partial charge >= 0.3 is 0 Å². The fourth-order valence-corrected chi connectivity index (χ4v) is 1.90. The first-order chi connectivity index (χ1) is 12.3. The Balaban J connectivity index is 2.27. The van der Waals surface area contributed by atoms with E-state index in [1.807, 2.05) is 5.48 Å². The molecule has 0 bridgehead atoms. The molecule has 1 unspecified atom stereocenters. The van der Waals surface area contributed by atoms with Crippen molar-refractivity contribution in [2.24, 2.45) is 0 Å². The van der Waals surface area contributed by atoms with E-state index in [1.165, 1.54) is 0 Å². The van der Waals surface area contributed by atoms with Crippen LogP contribution in [-0.4, -0.2) is 35.4 Å². The second kappa shape index (κ2) is 8.61. The zero-order valence-corrected chi connectivity index (χ0v) is 13.1. The second-order valence-electron chi connectivity index (χ2n) is 5.11. The molecule has 2 rings (SSSR count). The van der Waals surface area contributed by atoms with E-state index in [2.05, 4.69) is 10.2 Å². The Morgan fingerprint density at radius 2 is 1.85 bits per heavy atom. The van der Waals surface area contributed by atoms with Gasteiger partial charge in [0.2, 0.25) is 0 Å². The van der Waals surface area contributed by atoms with Crippen LogP contribution in [0.2, 0.25) is 0 Å². The number of aliphatic hydroxyl groups excluding tert-OH is 2. The third kappa shape index (κ3) is 4.69. The van der Waals surface area contributed by atoms with Crippen LogP contribution in [-0.2, 0) is 4.84 Å². The van der Waals surface area contributed by atoms with Crippen molar-refractivity contribution < 1.29 is 37.4 Å². The van der Waals surface area contributed by atoms with Crippen LogP contribution < -0.4 is 10.8 Å². The number of nitrogens with one attached hydrogen (secondary N) is 2. The topological polar surface area (TPSA) is 90.8 Å². The molecule has 2 aromatic carbocycles. The SMILES string of the molecule is O=C(NOCC(O)CO)c1ccc(F)c(F)c1Nc1ccc(F)cc1F. The van der Waals surface area contributed by atoms with Gasteiger partial charge in [0.1, 0.15) is 24.3 Å². The van der Waals surface area contributed by atoms with Gasteiger partial charge in [-0.2, -0.15) is 0 Å². The lowest BCUT2D eigenvalue weighted by Gasteiger charge is -2.15. The van der Waals surface area contributed by atoms with Crippen LogP contribution >= 0.6 is 0 Å². The summed E-state index contributed by atoms with van der Waals surface area (Å²) in [4.78, 5) is 16.7. The first-order valence-electron chi connectivity index (χ1n) is 7.24. The lowest BCUT2D eigenvalue weighted by atomic mass is 10.1. The third-order valence-electron chi connectivity index (χ3n) is 3.18. The maximum Gasteiger partial charge on any atom is 0.277 e. The highest BCUT2D eigenvalue weighted by Crippen LogP contribution is 2.28. The molecule has 1 amide bonds. The number of hydrogen-bond acceptors (Lipinski definition) is 5. The molecule has 0 saturated heterocycles. The normalized spacial score (nSPS) is 11.9. The van der Waals surface area contributed by atoms with Gasteiger partial charge < -0.3 is 15.5 Å². The Labute approximate surface area is 145 Å². The largest absolute Gasteiger partial charge is 0.394 e. The van der Waals surface area contributed by atoms with Crippen LogP contribution in [0.25, 0.3) is 0 Å². The molecule has 1 atom stereocenters. The lowest BCUT2D eigenvalue weighted by molar-refractivity contribution is -0.0295. The molecule has 140 valence electrons. The molecule has 0 heterocycles. The molecule has 26 heavy (non-hydrogen) atoms. The van der Waals surface area contributed by atoms with E-state index >= 15 is 0 Å². The molecular formula is C16H14F4N2O4. The van der Waals surface area contributed by atoms with Gasteiger partial charge in [0, 0.05) is 6.07 Å². The second-order valence-corrected chi connectivity index (χ2v) is 5.11. The summed E-state index contributed by atoms with van der Waals surface area (Å²) in [5.74, 6) is -5.75. The fourth-order valence-electron chi connectivity index (χ4n) is 1.90. The highest BCUT2D eigenvalue weighted by atomic mass is 19.2. The van der Waals surface area contributed by atoms with E-state index < -0.39 is 59.7 Å². The molecule has 4 N–H and O–H groups in total. The maximum absolute atomic E-state index is 14.1. The number of amides is 1. The first kappa shape index (κ1) is 19.6. The van der Waals surface area contributed by atoms with Crippen LogP contribution in [0.4, 0.5) is 28.9 Å². The van der Waals surface area contributed by atoms with E-state index in [4.69, 9.17) is 10.2 Å². The Kier molecular flexibility index (Phi) is 6.50. The van der Waals surface area contributed by atoms with Crippen molar-refractivity contribution in [2.45, 2.75) is 6.10 Å². The summed E-state index contributed by atoms with van der Waals surface area (Å²) in [6.45, 7) is -1.07. The van der Waals surface area contributed by atoms with Crippen molar-refractivity contribution in [1.29, 1.82) is 0 Å². The average Bonchev–Trinajstić information content (AvgIpc) is 2.60. The number of hydroxylamine groups is 1. The third-order valence-corrected chi connectivity index (χ3v) is 3.18. The molecule has 0 aliphatic carbocycles. The predicted molar refractivity (Wildman–Crippen MR) is 82.5 cm³/mol. The molecule has 0 radical (unpaired) electrons. The van der Waals surface area contributed by atoms with E-state index in [0.29, 0.717) is 12.1 Å². The van der Waals surface area contributed by atoms with Crippen LogP contribution in [0.3, 0.4) is 0 Å². The molecule has 0 saturated carbocycles. The maximum atomic E-state index is 14.1. The number of hydrogen-bond donors (Lipinski definition) is 4. The molecule has 0 spiro atoms. The molecule has 6 nitrogen and oxygen atoms in total. The van der Waals surface area contributed by atoms with Crippen molar-refractivity contribution in [3.8, 4) is 0 Å². The van der Waals surface area contributed by atoms with Gasteiger partial charge in [-0.15, -0.1) is 0 Å². The minimum Gasteiger partial charge on any atom is -0.394 e. The van der Waals surface area contributed by atoms with Gasteiger partial charge in [-0.05, 0) is 24.3 Å². The number of benzene rings is 2. The molecule has 0 aromatic heterocycles. The van der Waals surface area contributed by atoms with Gasteiger partial charge in [-0.3, -0.25) is 9.63 Å². The average molecular weight is 374 g/mol. The van der Waals surface area contributed by atoms with Crippen molar-refractivity contribution in [3.63, 3.8) is 0 Å². The van der Waals surface area contributed by atoms with Crippen LogP contribution in [0.15, 0.2) is 30.3 Å². The summed E-state index contributed by atoms with van der Waals surface area (Å²) in [7, 11) is 0. The predicted octanol–water partition coefficient (Wildman–Crippen LogP) is 2.00. The fraction of sp³-hybridized carbons (Fsp3) is 0.188. The molecule has 0 aliphatic rings. The summed E-state index contributed by atoms with van der Waals surface area (Å²) < 4.78 is 54.3. The Morgan fingerprint density at radius 1 is 1.12 bits per heavy atom. The van der Waals surface area contributed by atoms with Gasteiger partial charge in [0.15, 0.2) is 11.6 Å². The Hall–Kier alpha value is -2.69. The summed E-state index contributed by atoms with van der Waals surface area (Å²) in [5, 5.41) is 19.9. The number of aliphatic hydroxyl groups is 2. The number of halogens is 4. The molecule has 2 aromatic rings. The van der Waals surface area contributed by atoms with Gasteiger partial charge in [0.05, 0.1) is 23.5 Å². The minimum absolute atomic E-state index is 0.387. The van der Waals surface area contributed by atoms with Crippen molar-refractivity contribution in [1.82, 2.24) is 5.48 Å². The highest BCUT2D eigenvalue weighted by Gasteiger charge is 2.20. The number of carbonyl (C=O) groups is 1.